The smallest absolute Gasteiger partial charge is 0.104 e. The lowest BCUT2D eigenvalue weighted by molar-refractivity contribution is 0.563. The third-order valence-corrected chi connectivity index (χ3v) is 4.90. The van der Waals surface area contributed by atoms with Gasteiger partial charge < -0.3 is 0 Å². The molecule has 0 radical (unpaired) electrons. The molecule has 0 aliphatic rings. The lowest BCUT2D eigenvalue weighted by Crippen LogP contribution is -2.32. The molecule has 1 heteroatoms. The highest BCUT2D eigenvalue weighted by atomic mass is 14.2. The van der Waals surface area contributed by atoms with E-state index in [9.17, 15) is 0 Å². The van der Waals surface area contributed by atoms with E-state index in [1.54, 1.807) is 5.47 Å². The van der Waals surface area contributed by atoms with Gasteiger partial charge in [0, 0.05) is 0 Å². The molecular formula is C18H37B. The van der Waals surface area contributed by atoms with E-state index in [1.807, 2.05) is 0 Å². The first-order valence-electron chi connectivity index (χ1n) is 8.55. The minimum atomic E-state index is 0.770. The zero-order valence-corrected chi connectivity index (χ0v) is 14.8. The molecule has 0 amide bonds. The molecule has 112 valence electrons. The van der Waals surface area contributed by atoms with Gasteiger partial charge in [0.2, 0.25) is 0 Å². The van der Waals surface area contributed by atoms with Crippen LogP contribution >= 0.6 is 0 Å². The van der Waals surface area contributed by atoms with Gasteiger partial charge in [-0.2, -0.15) is 0 Å². The van der Waals surface area contributed by atoms with Crippen LogP contribution < -0.4 is 0 Å². The van der Waals surface area contributed by atoms with Gasteiger partial charge in [-0.25, -0.2) is 0 Å². The van der Waals surface area contributed by atoms with Crippen LogP contribution in [0.3, 0.4) is 0 Å². The maximum atomic E-state index is 2.56. The molecule has 0 spiro atoms. The average molecular weight is 264 g/mol. The molecule has 2 unspecified atom stereocenters. The summed E-state index contributed by atoms with van der Waals surface area (Å²) in [5.74, 6) is 3.11. The molecule has 0 aromatic carbocycles. The average Bonchev–Trinajstić information content (AvgIpc) is 2.35. The highest BCUT2D eigenvalue weighted by Gasteiger charge is 2.33. The first kappa shape index (κ1) is 18.8. The Labute approximate surface area is 123 Å². The molecule has 0 heterocycles. The molecule has 0 fully saturated rings. The Morgan fingerprint density at radius 3 is 1.63 bits per heavy atom. The summed E-state index contributed by atoms with van der Waals surface area (Å²) in [6, 6.07) is 0. The van der Waals surface area contributed by atoms with Gasteiger partial charge in [-0.15, -0.1) is 5.47 Å². The SMILES string of the molecule is CCC/C=C(\CCC)B(C(C)C(C)C)C(C)C(C)C. The van der Waals surface area contributed by atoms with Crippen molar-refractivity contribution in [2.24, 2.45) is 11.8 Å². The van der Waals surface area contributed by atoms with Crippen LogP contribution in [0.2, 0.25) is 11.6 Å². The summed E-state index contributed by atoms with van der Waals surface area (Å²) < 4.78 is 0. The van der Waals surface area contributed by atoms with Gasteiger partial charge in [-0.05, 0) is 12.8 Å². The van der Waals surface area contributed by atoms with Gasteiger partial charge in [0.25, 0.3) is 0 Å². The summed E-state index contributed by atoms with van der Waals surface area (Å²) in [5, 5.41) is 0. The van der Waals surface area contributed by atoms with Crippen LogP contribution in [0.25, 0.3) is 0 Å². The Balaban J connectivity index is 5.26. The van der Waals surface area contributed by atoms with Crippen molar-refractivity contribution >= 4 is 6.71 Å². The first-order chi connectivity index (χ1) is 8.86. The fourth-order valence-electron chi connectivity index (χ4n) is 3.01. The van der Waals surface area contributed by atoms with Gasteiger partial charge in [0.15, 0.2) is 6.71 Å². The van der Waals surface area contributed by atoms with E-state index in [2.05, 4.69) is 61.5 Å². The van der Waals surface area contributed by atoms with Crippen LogP contribution in [-0.2, 0) is 0 Å². The summed E-state index contributed by atoms with van der Waals surface area (Å²) in [5.41, 5.74) is 1.74. The van der Waals surface area contributed by atoms with Crippen molar-refractivity contribution in [1.82, 2.24) is 0 Å². The van der Waals surface area contributed by atoms with Crippen LogP contribution in [0.1, 0.15) is 81.1 Å². The zero-order valence-electron chi connectivity index (χ0n) is 14.8. The number of hydrogen-bond donors (Lipinski definition) is 0. The summed E-state index contributed by atoms with van der Waals surface area (Å²) in [4.78, 5) is 0. The zero-order chi connectivity index (χ0) is 15.0. The standard InChI is InChI=1S/C18H37B/c1-9-11-13-18(12-10-2)19(16(7)14(3)4)17(8)15(5)6/h13-17H,9-12H2,1-8H3/b18-13+. The van der Waals surface area contributed by atoms with E-state index in [4.69, 9.17) is 0 Å². The molecule has 0 saturated carbocycles. The molecule has 2 atom stereocenters. The third kappa shape index (κ3) is 6.19. The van der Waals surface area contributed by atoms with Gasteiger partial charge in [0.1, 0.15) is 0 Å². The summed E-state index contributed by atoms with van der Waals surface area (Å²) in [6.07, 6.45) is 7.65. The molecule has 0 aromatic rings. The Hall–Kier alpha value is -0.195. The second-order valence-electron chi connectivity index (χ2n) is 7.05. The highest BCUT2D eigenvalue weighted by Crippen LogP contribution is 2.37. The van der Waals surface area contributed by atoms with Gasteiger partial charge in [-0.1, -0.05) is 97.8 Å². The normalized spacial score (nSPS) is 16.0. The second kappa shape index (κ2) is 9.67. The van der Waals surface area contributed by atoms with Crippen LogP contribution in [0, 0.1) is 11.8 Å². The van der Waals surface area contributed by atoms with Crippen LogP contribution in [0.15, 0.2) is 11.5 Å². The first-order valence-corrected chi connectivity index (χ1v) is 8.55. The minimum absolute atomic E-state index is 0.770. The predicted molar refractivity (Wildman–Crippen MR) is 92.2 cm³/mol. The van der Waals surface area contributed by atoms with E-state index in [0.717, 1.165) is 30.2 Å². The molecule has 0 aliphatic heterocycles. The maximum absolute atomic E-state index is 2.56. The van der Waals surface area contributed by atoms with E-state index in [-0.39, 0.29) is 0 Å². The Morgan fingerprint density at radius 1 is 0.842 bits per heavy atom. The number of rotatable bonds is 9. The van der Waals surface area contributed by atoms with Crippen molar-refractivity contribution in [2.75, 3.05) is 0 Å². The number of allylic oxidation sites excluding steroid dienone is 2. The molecule has 0 aliphatic carbocycles. The van der Waals surface area contributed by atoms with Crippen LogP contribution in [-0.4, -0.2) is 6.71 Å². The van der Waals surface area contributed by atoms with E-state index in [0.29, 0.717) is 0 Å². The van der Waals surface area contributed by atoms with Crippen molar-refractivity contribution < 1.29 is 0 Å². The van der Waals surface area contributed by atoms with Crippen LogP contribution in [0.5, 0.6) is 0 Å². The summed E-state index contributed by atoms with van der Waals surface area (Å²) in [7, 11) is 0. The van der Waals surface area contributed by atoms with Crippen molar-refractivity contribution in [3.05, 3.63) is 11.5 Å². The Bertz CT molecular complexity index is 238. The van der Waals surface area contributed by atoms with Gasteiger partial charge >= 0.3 is 0 Å². The van der Waals surface area contributed by atoms with Gasteiger partial charge in [-0.3, -0.25) is 0 Å². The molecule has 0 aromatic heterocycles. The Morgan fingerprint density at radius 2 is 1.32 bits per heavy atom. The summed E-state index contributed by atoms with van der Waals surface area (Å²) in [6.45, 7) is 19.8. The molecular weight excluding hydrogens is 227 g/mol. The maximum Gasteiger partial charge on any atom is 0.176 e. The second-order valence-corrected chi connectivity index (χ2v) is 7.05. The molecule has 19 heavy (non-hydrogen) atoms. The Kier molecular flexibility index (Phi) is 9.57. The quantitative estimate of drug-likeness (QED) is 0.409. The fraction of sp³-hybridized carbons (Fsp3) is 0.889. The van der Waals surface area contributed by atoms with E-state index >= 15 is 0 Å². The third-order valence-electron chi connectivity index (χ3n) is 4.90. The van der Waals surface area contributed by atoms with Crippen molar-refractivity contribution in [2.45, 2.75) is 92.7 Å². The fourth-order valence-corrected chi connectivity index (χ4v) is 3.01. The largest absolute Gasteiger partial charge is 0.176 e. The van der Waals surface area contributed by atoms with Crippen molar-refractivity contribution in [3.8, 4) is 0 Å². The monoisotopic (exact) mass is 264 g/mol. The number of unbranched alkanes of at least 4 members (excludes halogenated alkanes) is 1. The lowest BCUT2D eigenvalue weighted by Gasteiger charge is -2.33. The van der Waals surface area contributed by atoms with Gasteiger partial charge in [0.05, 0.1) is 0 Å². The van der Waals surface area contributed by atoms with Crippen LogP contribution in [0.4, 0.5) is 0 Å². The lowest BCUT2D eigenvalue weighted by atomic mass is 9.27. The molecule has 0 nitrogen and oxygen atoms in total. The molecule has 0 rings (SSSR count). The molecule has 0 saturated heterocycles. The topological polar surface area (TPSA) is 0 Å². The predicted octanol–water partition coefficient (Wildman–Crippen LogP) is 6.64. The molecule has 0 bridgehead atoms. The van der Waals surface area contributed by atoms with E-state index < -0.39 is 0 Å². The van der Waals surface area contributed by atoms with Crippen molar-refractivity contribution in [1.29, 1.82) is 0 Å². The minimum Gasteiger partial charge on any atom is -0.104 e. The highest BCUT2D eigenvalue weighted by molar-refractivity contribution is 6.69. The van der Waals surface area contributed by atoms with E-state index in [1.165, 1.54) is 25.7 Å². The molecule has 0 N–H and O–H groups in total. The number of hydrogen-bond acceptors (Lipinski definition) is 0. The summed E-state index contributed by atoms with van der Waals surface area (Å²) >= 11 is 0. The van der Waals surface area contributed by atoms with Crippen molar-refractivity contribution in [3.63, 3.8) is 0 Å².